The van der Waals surface area contributed by atoms with Gasteiger partial charge in [-0.25, -0.2) is 4.79 Å². The molecule has 1 saturated heterocycles. The number of rotatable bonds is 8. The SMILES string of the molecule is COc1ccc(OC(=O)NC[C@H]2c3c(O)c(OC)c(C)c(OC)c3C[C@H]3[C@@H]4c5c(O)c(OC)c(C)c(OC)c5C[C@H]([C@H](C#N)N23)N4C)cc1. The number of benzene rings is 3. The molecular formula is C36H42N4O9. The van der Waals surface area contributed by atoms with Crippen LogP contribution in [-0.2, 0) is 12.8 Å². The van der Waals surface area contributed by atoms with E-state index in [0.29, 0.717) is 63.8 Å². The van der Waals surface area contributed by atoms with Gasteiger partial charge in [-0.15, -0.1) is 0 Å². The number of nitriles is 1. The van der Waals surface area contributed by atoms with Crippen molar-refractivity contribution in [1.82, 2.24) is 15.1 Å². The van der Waals surface area contributed by atoms with Gasteiger partial charge in [0.1, 0.15) is 29.0 Å². The molecule has 13 nitrogen and oxygen atoms in total. The largest absolute Gasteiger partial charge is 0.504 e. The standard InChI is InChI=1S/C36H42N4O9/c1-17-32(45-5)21-14-24-29-28-22(33(46-6)18(2)35(48-8)31(28)42)13-23(39(29)3)25(15-37)40(24)26(27(21)30(41)34(17)47-7)16-38-36(43)49-20-11-9-19(44-4)10-12-20/h9-12,23-26,29,41-42H,13-14,16H2,1-8H3,(H,38,43)/t23-,24+,25+,26+,29-/m1/s1. The van der Waals surface area contributed by atoms with Crippen LogP contribution in [0.5, 0.6) is 46.0 Å². The van der Waals surface area contributed by atoms with E-state index in [-0.39, 0.29) is 29.8 Å². The molecule has 3 aliphatic rings. The summed E-state index contributed by atoms with van der Waals surface area (Å²) in [5.74, 6) is 2.58. The number of hydrogen-bond donors (Lipinski definition) is 3. The van der Waals surface area contributed by atoms with Crippen LogP contribution in [0, 0.1) is 25.2 Å². The van der Waals surface area contributed by atoms with Gasteiger partial charge >= 0.3 is 6.09 Å². The predicted molar refractivity (Wildman–Crippen MR) is 178 cm³/mol. The first kappa shape index (κ1) is 33.8. The second-order valence-electron chi connectivity index (χ2n) is 12.5. The molecule has 0 radical (unpaired) electrons. The number of nitrogens with one attached hydrogen (secondary N) is 1. The Morgan fingerprint density at radius 3 is 1.86 bits per heavy atom. The number of carbonyl (C=O) groups is 1. The minimum atomic E-state index is -0.721. The molecule has 3 aromatic carbocycles. The Morgan fingerprint density at radius 2 is 1.33 bits per heavy atom. The lowest BCUT2D eigenvalue weighted by atomic mass is 9.71. The van der Waals surface area contributed by atoms with E-state index in [4.69, 9.17) is 28.4 Å². The Labute approximate surface area is 285 Å². The van der Waals surface area contributed by atoms with Crippen LogP contribution >= 0.6 is 0 Å². The molecule has 13 heteroatoms. The lowest BCUT2D eigenvalue weighted by Crippen LogP contribution is -2.68. The molecule has 6 rings (SSSR count). The summed E-state index contributed by atoms with van der Waals surface area (Å²) in [6, 6.07) is 6.57. The van der Waals surface area contributed by atoms with E-state index >= 15 is 0 Å². The minimum absolute atomic E-state index is 0.0192. The van der Waals surface area contributed by atoms with Gasteiger partial charge in [-0.1, -0.05) is 0 Å². The third-order valence-corrected chi connectivity index (χ3v) is 10.4. The average molecular weight is 675 g/mol. The summed E-state index contributed by atoms with van der Waals surface area (Å²) in [4.78, 5) is 17.4. The number of fused-ring (bicyclic) bond motifs is 7. The maximum Gasteiger partial charge on any atom is 0.412 e. The van der Waals surface area contributed by atoms with Crippen LogP contribution in [0.1, 0.15) is 45.5 Å². The number of aromatic hydroxyl groups is 2. The summed E-state index contributed by atoms with van der Waals surface area (Å²) < 4.78 is 34.0. The number of amides is 1. The molecule has 3 aromatic rings. The highest BCUT2D eigenvalue weighted by Crippen LogP contribution is 2.58. The fourth-order valence-corrected chi connectivity index (χ4v) is 8.38. The van der Waals surface area contributed by atoms with Crippen LogP contribution < -0.4 is 33.7 Å². The lowest BCUT2D eigenvalue weighted by Gasteiger charge is -2.60. The first-order chi connectivity index (χ1) is 23.6. The second kappa shape index (κ2) is 13.1. The molecule has 1 fully saturated rings. The van der Waals surface area contributed by atoms with E-state index in [1.54, 1.807) is 45.6 Å². The van der Waals surface area contributed by atoms with Gasteiger partial charge in [-0.3, -0.25) is 9.80 Å². The van der Waals surface area contributed by atoms with Crippen molar-refractivity contribution in [3.05, 3.63) is 57.6 Å². The number of methoxy groups -OCH3 is 5. The number of likely N-dealkylation sites (N-methyl/N-ethyl adjacent to an activating group) is 1. The molecule has 260 valence electrons. The summed E-state index contributed by atoms with van der Waals surface area (Å²) in [5, 5.41) is 37.3. The summed E-state index contributed by atoms with van der Waals surface area (Å²) >= 11 is 0. The summed E-state index contributed by atoms with van der Waals surface area (Å²) in [6.45, 7) is 3.63. The molecule has 3 N–H and O–H groups in total. The van der Waals surface area contributed by atoms with Crippen LogP contribution in [0.2, 0.25) is 0 Å². The molecule has 3 aliphatic heterocycles. The maximum absolute atomic E-state index is 13.2. The predicted octanol–water partition coefficient (Wildman–Crippen LogP) is 4.32. The maximum atomic E-state index is 13.2. The van der Waals surface area contributed by atoms with Crippen molar-refractivity contribution in [3.8, 4) is 52.1 Å². The quantitative estimate of drug-likeness (QED) is 0.312. The Balaban J connectivity index is 1.51. The zero-order valence-corrected chi connectivity index (χ0v) is 28.9. The second-order valence-corrected chi connectivity index (χ2v) is 12.5. The third-order valence-electron chi connectivity index (χ3n) is 10.4. The molecule has 5 atom stereocenters. The molecule has 2 bridgehead atoms. The van der Waals surface area contributed by atoms with Crippen molar-refractivity contribution in [1.29, 1.82) is 5.26 Å². The van der Waals surface area contributed by atoms with Gasteiger partial charge in [0, 0.05) is 52.0 Å². The van der Waals surface area contributed by atoms with Crippen LogP contribution in [0.25, 0.3) is 0 Å². The monoisotopic (exact) mass is 674 g/mol. The van der Waals surface area contributed by atoms with E-state index in [2.05, 4.69) is 21.2 Å². The van der Waals surface area contributed by atoms with Gasteiger partial charge in [-0.2, -0.15) is 5.26 Å². The van der Waals surface area contributed by atoms with Crippen molar-refractivity contribution >= 4 is 6.09 Å². The summed E-state index contributed by atoms with van der Waals surface area (Å²) in [7, 11) is 9.64. The zero-order valence-electron chi connectivity index (χ0n) is 28.9. The van der Waals surface area contributed by atoms with Crippen molar-refractivity contribution in [2.24, 2.45) is 0 Å². The number of nitrogens with zero attached hydrogens (tertiary/aromatic N) is 3. The Hall–Kier alpha value is -5.06. The van der Waals surface area contributed by atoms with Crippen molar-refractivity contribution in [2.75, 3.05) is 49.1 Å². The Morgan fingerprint density at radius 1 is 0.816 bits per heavy atom. The minimum Gasteiger partial charge on any atom is -0.504 e. The Bertz CT molecular complexity index is 1820. The van der Waals surface area contributed by atoms with Crippen molar-refractivity contribution in [2.45, 2.75) is 56.9 Å². The van der Waals surface area contributed by atoms with Crippen LogP contribution in [0.15, 0.2) is 24.3 Å². The zero-order chi connectivity index (χ0) is 35.3. The highest BCUT2D eigenvalue weighted by molar-refractivity contribution is 5.71. The van der Waals surface area contributed by atoms with Crippen LogP contribution in [-0.4, -0.2) is 93.4 Å². The van der Waals surface area contributed by atoms with E-state index in [1.165, 1.54) is 14.2 Å². The number of piperazine rings is 1. The van der Waals surface area contributed by atoms with Gasteiger partial charge < -0.3 is 44.0 Å². The Kier molecular flexibility index (Phi) is 9.04. The van der Waals surface area contributed by atoms with E-state index in [1.807, 2.05) is 20.9 Å². The summed E-state index contributed by atoms with van der Waals surface area (Å²) in [5.41, 5.74) is 3.99. The lowest BCUT2D eigenvalue weighted by molar-refractivity contribution is -0.0725. The first-order valence-electron chi connectivity index (χ1n) is 16.0. The number of phenols is 2. The smallest absolute Gasteiger partial charge is 0.412 e. The van der Waals surface area contributed by atoms with E-state index < -0.39 is 30.3 Å². The van der Waals surface area contributed by atoms with Crippen LogP contribution in [0.4, 0.5) is 4.79 Å². The van der Waals surface area contributed by atoms with Crippen molar-refractivity contribution < 1.29 is 43.4 Å². The molecule has 0 spiro atoms. The fourth-order valence-electron chi connectivity index (χ4n) is 8.38. The van der Waals surface area contributed by atoms with Crippen LogP contribution in [0.3, 0.4) is 0 Å². The van der Waals surface area contributed by atoms with Gasteiger partial charge in [0.25, 0.3) is 0 Å². The third kappa shape index (κ3) is 5.17. The number of phenolic OH excluding ortho intramolecular Hbond substituents is 2. The van der Waals surface area contributed by atoms with Gasteiger partial charge in [-0.05, 0) is 58.0 Å². The van der Waals surface area contributed by atoms with E-state index in [9.17, 15) is 20.3 Å². The number of hydrogen-bond acceptors (Lipinski definition) is 12. The molecular weight excluding hydrogens is 632 g/mol. The normalized spacial score (nSPS) is 22.5. The topological polar surface area (TPSA) is 155 Å². The molecule has 0 saturated carbocycles. The average Bonchev–Trinajstić information content (AvgIpc) is 3.08. The molecule has 49 heavy (non-hydrogen) atoms. The summed E-state index contributed by atoms with van der Waals surface area (Å²) in [6.07, 6.45) is 0.0425. The highest BCUT2D eigenvalue weighted by atomic mass is 16.6. The van der Waals surface area contributed by atoms with Gasteiger partial charge in [0.2, 0.25) is 0 Å². The van der Waals surface area contributed by atoms with Crippen molar-refractivity contribution in [3.63, 3.8) is 0 Å². The molecule has 3 heterocycles. The number of ether oxygens (including phenoxy) is 6. The van der Waals surface area contributed by atoms with Gasteiger partial charge in [0.05, 0.1) is 53.7 Å². The molecule has 0 unspecified atom stereocenters. The highest BCUT2D eigenvalue weighted by Gasteiger charge is 2.57. The molecule has 1 amide bonds. The van der Waals surface area contributed by atoms with Gasteiger partial charge in [0.15, 0.2) is 23.0 Å². The number of carbonyl (C=O) groups excluding carboxylic acids is 1. The fraction of sp³-hybridized carbons (Fsp3) is 0.444. The molecule has 0 aromatic heterocycles. The van der Waals surface area contributed by atoms with E-state index in [0.717, 1.165) is 11.1 Å². The molecule has 0 aliphatic carbocycles. The first-order valence-corrected chi connectivity index (χ1v) is 16.0.